The van der Waals surface area contributed by atoms with Crippen LogP contribution < -0.4 is 5.32 Å². The summed E-state index contributed by atoms with van der Waals surface area (Å²) in [4.78, 5) is 36.7. The van der Waals surface area contributed by atoms with Crippen molar-refractivity contribution in [1.82, 2.24) is 24.9 Å². The number of nitrogens with one attached hydrogen (secondary N) is 1. The van der Waals surface area contributed by atoms with E-state index in [-0.39, 0.29) is 23.4 Å². The molecule has 2 aliphatic heterocycles. The third-order valence-corrected chi connectivity index (χ3v) is 5.38. The average molecular weight is 381 g/mol. The minimum absolute atomic E-state index is 0.143. The average Bonchev–Trinajstić information content (AvgIpc) is 2.57. The molecule has 8 heteroatoms. The Kier molecular flexibility index (Phi) is 7.08. The molecule has 0 aromatic heterocycles. The zero-order valence-corrected chi connectivity index (χ0v) is 17.8. The summed E-state index contributed by atoms with van der Waals surface area (Å²) in [5, 5.41) is 3.41. The molecular formula is C19H36N6O2. The van der Waals surface area contributed by atoms with Crippen LogP contribution in [0.1, 0.15) is 34.6 Å². The minimum atomic E-state index is -0.232. The highest BCUT2D eigenvalue weighted by Crippen LogP contribution is 2.24. The van der Waals surface area contributed by atoms with Crippen LogP contribution in [0.5, 0.6) is 0 Å². The van der Waals surface area contributed by atoms with E-state index < -0.39 is 0 Å². The van der Waals surface area contributed by atoms with Crippen molar-refractivity contribution in [2.24, 2.45) is 4.99 Å². The van der Waals surface area contributed by atoms with Crippen LogP contribution in [0.15, 0.2) is 4.99 Å². The molecule has 0 bridgehead atoms. The van der Waals surface area contributed by atoms with Gasteiger partial charge in [0.05, 0.1) is 12.1 Å². The van der Waals surface area contributed by atoms with Crippen molar-refractivity contribution >= 4 is 17.8 Å². The molecule has 0 spiro atoms. The lowest BCUT2D eigenvalue weighted by Crippen LogP contribution is -2.66. The number of hydrogen-bond acceptors (Lipinski definition) is 4. The molecule has 154 valence electrons. The number of piperazine rings is 2. The van der Waals surface area contributed by atoms with Crippen molar-refractivity contribution in [1.29, 1.82) is 0 Å². The van der Waals surface area contributed by atoms with Crippen LogP contribution in [0.25, 0.3) is 0 Å². The van der Waals surface area contributed by atoms with E-state index in [1.807, 2.05) is 9.80 Å². The van der Waals surface area contributed by atoms with Gasteiger partial charge < -0.3 is 20.0 Å². The number of nitrogens with zero attached hydrogens (tertiary/aromatic N) is 5. The van der Waals surface area contributed by atoms with Crippen LogP contribution in [0, 0.1) is 0 Å². The molecule has 0 saturated carbocycles. The fraction of sp³-hybridized carbons (Fsp3) is 0.842. The Morgan fingerprint density at radius 1 is 1.19 bits per heavy atom. The number of carbonyl (C=O) groups is 2. The van der Waals surface area contributed by atoms with Crippen LogP contribution in [-0.4, -0.2) is 108 Å². The standard InChI is InChI=1S/C19H36N6O2/c1-15(2)25-17(27)13-24(14-19(25,4)5)18(20-6)21-7-8-22-9-11-23(12-10-22)16(3)26/h15H,7-14H2,1-6H3,(H,20,21). The van der Waals surface area contributed by atoms with E-state index >= 15 is 0 Å². The molecule has 2 amide bonds. The minimum Gasteiger partial charge on any atom is -0.355 e. The molecular weight excluding hydrogens is 344 g/mol. The van der Waals surface area contributed by atoms with E-state index in [1.54, 1.807) is 14.0 Å². The second-order valence-electron chi connectivity index (χ2n) is 8.35. The quantitative estimate of drug-likeness (QED) is 0.552. The summed E-state index contributed by atoms with van der Waals surface area (Å²) >= 11 is 0. The van der Waals surface area contributed by atoms with Gasteiger partial charge in [-0.1, -0.05) is 0 Å². The number of aliphatic imine (C=N–C) groups is 1. The molecule has 27 heavy (non-hydrogen) atoms. The molecule has 2 aliphatic rings. The topological polar surface area (TPSA) is 71.5 Å². The van der Waals surface area contributed by atoms with E-state index in [4.69, 9.17) is 0 Å². The van der Waals surface area contributed by atoms with Gasteiger partial charge in [0.15, 0.2) is 5.96 Å². The Bertz CT molecular complexity index is 567. The molecule has 2 fully saturated rings. The number of carbonyl (C=O) groups excluding carboxylic acids is 2. The van der Waals surface area contributed by atoms with Gasteiger partial charge in [0.2, 0.25) is 11.8 Å². The second kappa shape index (κ2) is 8.91. The van der Waals surface area contributed by atoms with E-state index in [0.717, 1.165) is 51.8 Å². The van der Waals surface area contributed by atoms with Gasteiger partial charge in [-0.25, -0.2) is 0 Å². The van der Waals surface area contributed by atoms with Crippen LogP contribution in [0.4, 0.5) is 0 Å². The third-order valence-electron chi connectivity index (χ3n) is 5.38. The normalized spacial score (nSPS) is 21.8. The van der Waals surface area contributed by atoms with E-state index in [9.17, 15) is 9.59 Å². The number of guanidine groups is 1. The Balaban J connectivity index is 1.84. The van der Waals surface area contributed by atoms with Crippen molar-refractivity contribution < 1.29 is 9.59 Å². The first-order valence-corrected chi connectivity index (χ1v) is 9.91. The Morgan fingerprint density at radius 2 is 1.81 bits per heavy atom. The maximum atomic E-state index is 12.7. The van der Waals surface area contributed by atoms with Crippen molar-refractivity contribution in [3.05, 3.63) is 0 Å². The summed E-state index contributed by atoms with van der Waals surface area (Å²) in [5.74, 6) is 1.08. The van der Waals surface area contributed by atoms with Crippen LogP contribution in [0.3, 0.4) is 0 Å². The van der Waals surface area contributed by atoms with Crippen molar-refractivity contribution in [3.8, 4) is 0 Å². The molecule has 0 radical (unpaired) electrons. The highest BCUT2D eigenvalue weighted by molar-refractivity contribution is 5.88. The molecule has 2 saturated heterocycles. The highest BCUT2D eigenvalue weighted by Gasteiger charge is 2.40. The Hall–Kier alpha value is -1.83. The third kappa shape index (κ3) is 5.34. The Labute approximate surface area is 163 Å². The monoisotopic (exact) mass is 380 g/mol. The fourth-order valence-corrected chi connectivity index (χ4v) is 4.26. The molecule has 0 atom stereocenters. The first-order chi connectivity index (χ1) is 12.7. The summed E-state index contributed by atoms with van der Waals surface area (Å²) in [5.41, 5.74) is -0.232. The highest BCUT2D eigenvalue weighted by atomic mass is 16.2. The van der Waals surface area contributed by atoms with Gasteiger partial charge in [0.1, 0.15) is 0 Å². The Morgan fingerprint density at radius 3 is 2.30 bits per heavy atom. The number of hydrogen-bond donors (Lipinski definition) is 1. The molecule has 1 N–H and O–H groups in total. The predicted octanol–water partition coefficient (Wildman–Crippen LogP) is 0.0571. The molecule has 0 aromatic rings. The van der Waals surface area contributed by atoms with Gasteiger partial charge in [-0.3, -0.25) is 19.5 Å². The van der Waals surface area contributed by atoms with Gasteiger partial charge in [-0.2, -0.15) is 0 Å². The van der Waals surface area contributed by atoms with Gasteiger partial charge in [-0.05, 0) is 27.7 Å². The van der Waals surface area contributed by atoms with Crippen molar-refractivity contribution in [3.63, 3.8) is 0 Å². The lowest BCUT2D eigenvalue weighted by molar-refractivity contribution is -0.145. The molecule has 2 rings (SSSR count). The molecule has 0 aliphatic carbocycles. The van der Waals surface area contributed by atoms with Crippen molar-refractivity contribution in [2.45, 2.75) is 46.2 Å². The van der Waals surface area contributed by atoms with E-state index in [0.29, 0.717) is 6.54 Å². The molecule has 2 heterocycles. The second-order valence-corrected chi connectivity index (χ2v) is 8.35. The summed E-state index contributed by atoms with van der Waals surface area (Å²) in [6, 6.07) is 0.193. The SMILES string of the molecule is CN=C(NCCN1CCN(C(C)=O)CC1)N1CC(=O)N(C(C)C)C(C)(C)C1. The summed E-state index contributed by atoms with van der Waals surface area (Å²) in [7, 11) is 1.76. The molecule has 0 unspecified atom stereocenters. The molecule has 8 nitrogen and oxygen atoms in total. The zero-order valence-electron chi connectivity index (χ0n) is 17.8. The first kappa shape index (κ1) is 21.5. The van der Waals surface area contributed by atoms with Crippen LogP contribution in [-0.2, 0) is 9.59 Å². The maximum Gasteiger partial charge on any atom is 0.242 e. The van der Waals surface area contributed by atoms with Gasteiger partial charge in [-0.15, -0.1) is 0 Å². The lowest BCUT2D eigenvalue weighted by atomic mass is 9.96. The largest absolute Gasteiger partial charge is 0.355 e. The van der Waals surface area contributed by atoms with Crippen LogP contribution >= 0.6 is 0 Å². The van der Waals surface area contributed by atoms with Gasteiger partial charge >= 0.3 is 0 Å². The summed E-state index contributed by atoms with van der Waals surface area (Å²) in [6.45, 7) is 16.2. The van der Waals surface area contributed by atoms with Crippen LogP contribution in [0.2, 0.25) is 0 Å². The summed E-state index contributed by atoms with van der Waals surface area (Å²) in [6.07, 6.45) is 0. The van der Waals surface area contributed by atoms with Crippen molar-refractivity contribution in [2.75, 3.05) is 59.4 Å². The number of rotatable bonds is 4. The smallest absolute Gasteiger partial charge is 0.242 e. The maximum absolute atomic E-state index is 12.7. The number of amides is 2. The summed E-state index contributed by atoms with van der Waals surface area (Å²) < 4.78 is 0. The fourth-order valence-electron chi connectivity index (χ4n) is 4.26. The van der Waals surface area contributed by atoms with Gasteiger partial charge in [0, 0.05) is 65.8 Å². The molecule has 0 aromatic carbocycles. The van der Waals surface area contributed by atoms with Gasteiger partial charge in [0.25, 0.3) is 0 Å². The zero-order chi connectivity index (χ0) is 20.2. The van der Waals surface area contributed by atoms with E-state index in [2.05, 4.69) is 47.8 Å². The van der Waals surface area contributed by atoms with E-state index in [1.165, 1.54) is 0 Å². The lowest BCUT2D eigenvalue weighted by Gasteiger charge is -2.49. The predicted molar refractivity (Wildman–Crippen MR) is 108 cm³/mol. The first-order valence-electron chi connectivity index (χ1n) is 9.91.